The van der Waals surface area contributed by atoms with Crippen molar-refractivity contribution in [2.24, 2.45) is 27.2 Å². The molecule has 0 fully saturated rings. The van der Waals surface area contributed by atoms with Gasteiger partial charge in [-0.25, -0.2) is 24.0 Å². The number of amidine groups is 2. The van der Waals surface area contributed by atoms with E-state index in [1.807, 2.05) is 6.07 Å². The number of nitrogens with two attached hydrogens (primary N) is 3. The number of hydrogen-bond acceptors (Lipinski definition) is 5. The summed E-state index contributed by atoms with van der Waals surface area (Å²) in [6.07, 6.45) is 9.64. The lowest BCUT2D eigenvalue weighted by atomic mass is 10.2. The highest BCUT2D eigenvalue weighted by atomic mass is 19.1. The van der Waals surface area contributed by atoms with Crippen LogP contribution in [0.15, 0.2) is 52.6 Å². The number of hydrogen-bond donors (Lipinski definition) is 3. The standard InChI is InChI=1S/C17H19FN8.C2H2/c18-13-6-2-1-4-11(13)9-26-17-12(5-3-7-22-17)15(25-26)16(23-10-20)24-14(21)8-19;1-2/h1-7H,8-10,19-20H2,(H2,21,23,24);1-2H. The lowest BCUT2D eigenvalue weighted by molar-refractivity contribution is 0.589. The van der Waals surface area contributed by atoms with Gasteiger partial charge in [-0.3, -0.25) is 0 Å². The van der Waals surface area contributed by atoms with Crippen molar-refractivity contribution >= 4 is 22.7 Å². The molecular weight excluding hydrogens is 359 g/mol. The van der Waals surface area contributed by atoms with Crippen LogP contribution in [0, 0.1) is 18.7 Å². The summed E-state index contributed by atoms with van der Waals surface area (Å²) in [5.74, 6) is 0.161. The van der Waals surface area contributed by atoms with Crippen LogP contribution < -0.4 is 17.2 Å². The Kier molecular flexibility index (Phi) is 7.33. The first-order valence-corrected chi connectivity index (χ1v) is 8.30. The monoisotopic (exact) mass is 380 g/mol. The number of aromatic nitrogens is 3. The van der Waals surface area contributed by atoms with Crippen LogP contribution in [0.25, 0.3) is 11.0 Å². The number of fused-ring (bicyclic) bond motifs is 1. The van der Waals surface area contributed by atoms with Crippen molar-refractivity contribution in [2.75, 3.05) is 13.2 Å². The molecule has 2 heterocycles. The smallest absolute Gasteiger partial charge is 0.179 e. The van der Waals surface area contributed by atoms with E-state index in [9.17, 15) is 4.39 Å². The molecule has 0 aliphatic heterocycles. The molecule has 2 aromatic heterocycles. The first-order chi connectivity index (χ1) is 13.6. The van der Waals surface area contributed by atoms with Crippen LogP contribution in [0.5, 0.6) is 0 Å². The van der Waals surface area contributed by atoms with Crippen molar-refractivity contribution in [1.29, 1.82) is 0 Å². The maximum atomic E-state index is 14.0. The van der Waals surface area contributed by atoms with E-state index < -0.39 is 0 Å². The molecule has 0 spiro atoms. The fraction of sp³-hybridized carbons (Fsp3) is 0.158. The van der Waals surface area contributed by atoms with Gasteiger partial charge in [-0.1, -0.05) is 18.2 Å². The SMILES string of the molecule is C#C.NC/N=C(\N=C(N)CN)c1nn(Cc2ccccc2F)c2ncccc12. The van der Waals surface area contributed by atoms with Gasteiger partial charge in [0.15, 0.2) is 11.5 Å². The van der Waals surface area contributed by atoms with Crippen LogP contribution in [0.3, 0.4) is 0 Å². The van der Waals surface area contributed by atoms with Crippen molar-refractivity contribution in [1.82, 2.24) is 14.8 Å². The Morgan fingerprint density at radius 2 is 1.89 bits per heavy atom. The number of pyridine rings is 1. The Morgan fingerprint density at radius 3 is 2.57 bits per heavy atom. The highest BCUT2D eigenvalue weighted by Crippen LogP contribution is 2.19. The molecule has 0 saturated heterocycles. The Morgan fingerprint density at radius 1 is 1.14 bits per heavy atom. The second kappa shape index (κ2) is 9.91. The fourth-order valence-electron chi connectivity index (χ4n) is 2.50. The summed E-state index contributed by atoms with van der Waals surface area (Å²) in [7, 11) is 0. The molecule has 0 radical (unpaired) electrons. The molecule has 0 unspecified atom stereocenters. The van der Waals surface area contributed by atoms with Gasteiger partial charge < -0.3 is 17.2 Å². The van der Waals surface area contributed by atoms with Crippen LogP contribution in [0.1, 0.15) is 11.3 Å². The molecule has 0 atom stereocenters. The molecular formula is C19H21FN8. The van der Waals surface area contributed by atoms with Gasteiger partial charge in [0.05, 0.1) is 25.1 Å². The first kappa shape index (κ1) is 20.7. The lowest BCUT2D eigenvalue weighted by Crippen LogP contribution is -2.25. The number of rotatable bonds is 5. The molecule has 0 bridgehead atoms. The van der Waals surface area contributed by atoms with Crippen LogP contribution in [-0.2, 0) is 6.54 Å². The summed E-state index contributed by atoms with van der Waals surface area (Å²) < 4.78 is 15.6. The largest absolute Gasteiger partial charge is 0.386 e. The van der Waals surface area contributed by atoms with Crippen LogP contribution in [0.2, 0.25) is 0 Å². The molecule has 0 saturated carbocycles. The second-order valence-electron chi connectivity index (χ2n) is 5.44. The van der Waals surface area contributed by atoms with Crippen molar-refractivity contribution in [2.45, 2.75) is 6.54 Å². The number of terminal acetylenes is 1. The maximum Gasteiger partial charge on any atom is 0.179 e. The molecule has 8 nitrogen and oxygen atoms in total. The van der Waals surface area contributed by atoms with Crippen LogP contribution >= 0.6 is 0 Å². The molecule has 144 valence electrons. The Balaban J connectivity index is 0.00000136. The zero-order chi connectivity index (χ0) is 20.5. The summed E-state index contributed by atoms with van der Waals surface area (Å²) in [6.45, 7) is 0.306. The third-order valence-electron chi connectivity index (χ3n) is 3.70. The zero-order valence-corrected chi connectivity index (χ0v) is 15.2. The molecule has 0 aliphatic rings. The molecule has 1 aromatic carbocycles. The first-order valence-electron chi connectivity index (χ1n) is 8.30. The molecule has 3 rings (SSSR count). The number of halogens is 1. The van der Waals surface area contributed by atoms with E-state index in [0.29, 0.717) is 22.3 Å². The zero-order valence-electron chi connectivity index (χ0n) is 15.2. The number of benzene rings is 1. The highest BCUT2D eigenvalue weighted by Gasteiger charge is 2.17. The average Bonchev–Trinajstić information content (AvgIpc) is 3.09. The van der Waals surface area contributed by atoms with E-state index in [1.54, 1.807) is 35.1 Å². The fourth-order valence-corrected chi connectivity index (χ4v) is 2.50. The van der Waals surface area contributed by atoms with Gasteiger partial charge in [0.2, 0.25) is 0 Å². The second-order valence-corrected chi connectivity index (χ2v) is 5.44. The topological polar surface area (TPSA) is 133 Å². The minimum absolute atomic E-state index is 0.0125. The quantitative estimate of drug-likeness (QED) is 0.343. The summed E-state index contributed by atoms with van der Waals surface area (Å²) in [5.41, 5.74) is 18.3. The van der Waals surface area contributed by atoms with Gasteiger partial charge in [0.25, 0.3) is 0 Å². The Bertz CT molecular complexity index is 1020. The Hall–Kier alpha value is -3.61. The minimum Gasteiger partial charge on any atom is -0.386 e. The van der Waals surface area contributed by atoms with Gasteiger partial charge in [-0.2, -0.15) is 5.10 Å². The van der Waals surface area contributed by atoms with Gasteiger partial charge in [0.1, 0.15) is 17.3 Å². The van der Waals surface area contributed by atoms with Gasteiger partial charge in [-0.15, -0.1) is 12.8 Å². The third-order valence-corrected chi connectivity index (χ3v) is 3.70. The van der Waals surface area contributed by atoms with E-state index in [1.165, 1.54) is 6.07 Å². The normalized spacial score (nSPS) is 11.9. The molecule has 6 N–H and O–H groups in total. The van der Waals surface area contributed by atoms with Crippen molar-refractivity contribution in [3.05, 3.63) is 59.7 Å². The van der Waals surface area contributed by atoms with E-state index in [0.717, 1.165) is 0 Å². The van der Waals surface area contributed by atoms with Crippen LogP contribution in [-0.4, -0.2) is 39.6 Å². The minimum atomic E-state index is -0.310. The molecule has 0 aliphatic carbocycles. The van der Waals surface area contributed by atoms with Crippen LogP contribution in [0.4, 0.5) is 4.39 Å². The lowest BCUT2D eigenvalue weighted by Gasteiger charge is -2.04. The predicted molar refractivity (Wildman–Crippen MR) is 109 cm³/mol. The summed E-state index contributed by atoms with van der Waals surface area (Å²) in [4.78, 5) is 12.7. The summed E-state index contributed by atoms with van der Waals surface area (Å²) >= 11 is 0. The highest BCUT2D eigenvalue weighted by molar-refractivity contribution is 6.11. The van der Waals surface area contributed by atoms with Crippen molar-refractivity contribution in [3.8, 4) is 12.8 Å². The van der Waals surface area contributed by atoms with E-state index in [-0.39, 0.29) is 37.2 Å². The van der Waals surface area contributed by atoms with Gasteiger partial charge in [-0.05, 0) is 18.2 Å². The Labute approximate surface area is 162 Å². The molecule has 9 heteroatoms. The maximum absolute atomic E-state index is 14.0. The number of aliphatic imine (C=N–C) groups is 2. The summed E-state index contributed by atoms with van der Waals surface area (Å²) in [6, 6.07) is 10.1. The molecule has 3 aromatic rings. The van der Waals surface area contributed by atoms with Gasteiger partial charge in [0, 0.05) is 11.8 Å². The van der Waals surface area contributed by atoms with E-state index in [4.69, 9.17) is 17.2 Å². The predicted octanol–water partition coefficient (Wildman–Crippen LogP) is 0.847. The molecule has 0 amide bonds. The average molecular weight is 380 g/mol. The van der Waals surface area contributed by atoms with Crippen molar-refractivity contribution < 1.29 is 4.39 Å². The van der Waals surface area contributed by atoms with E-state index >= 15 is 0 Å². The van der Waals surface area contributed by atoms with Gasteiger partial charge >= 0.3 is 0 Å². The third kappa shape index (κ3) is 4.56. The number of nitrogens with zero attached hydrogens (tertiary/aromatic N) is 5. The summed E-state index contributed by atoms with van der Waals surface area (Å²) in [5, 5.41) is 5.24. The van der Waals surface area contributed by atoms with Crippen molar-refractivity contribution in [3.63, 3.8) is 0 Å². The molecule has 28 heavy (non-hydrogen) atoms. The van der Waals surface area contributed by atoms with E-state index in [2.05, 4.69) is 32.9 Å².